The van der Waals surface area contributed by atoms with Crippen LogP contribution in [0.25, 0.3) is 0 Å². The van der Waals surface area contributed by atoms with Crippen LogP contribution in [0.15, 0.2) is 42.7 Å². The van der Waals surface area contributed by atoms with Gasteiger partial charge in [0.1, 0.15) is 0 Å². The lowest BCUT2D eigenvalue weighted by molar-refractivity contribution is 0.0938. The molecule has 0 bridgehead atoms. The lowest BCUT2D eigenvalue weighted by Gasteiger charge is -2.11. The van der Waals surface area contributed by atoms with Crippen LogP contribution in [-0.2, 0) is 0 Å². The normalized spacial score (nSPS) is 10.2. The summed E-state index contributed by atoms with van der Waals surface area (Å²) < 4.78 is 0. The number of hydrogen-bond donors (Lipinski definition) is 2. The first kappa shape index (κ1) is 14.6. The van der Waals surface area contributed by atoms with Gasteiger partial charge in [0.2, 0.25) is 0 Å². The zero-order chi connectivity index (χ0) is 15.2. The summed E-state index contributed by atoms with van der Waals surface area (Å²) in [6, 6.07) is 8.67. The Balaban J connectivity index is 2.21. The molecule has 0 saturated heterocycles. The molecule has 0 aliphatic heterocycles. The first-order valence-electron chi connectivity index (χ1n) is 6.56. The molecule has 6 heteroatoms. The molecule has 108 valence electrons. The molecule has 2 aromatic rings. The van der Waals surface area contributed by atoms with Crippen LogP contribution in [0.3, 0.4) is 0 Å². The highest BCUT2D eigenvalue weighted by Crippen LogP contribution is 2.10. The molecule has 0 aliphatic rings. The molecule has 1 aromatic carbocycles. The smallest absolute Gasteiger partial charge is 0.273 e. The lowest BCUT2D eigenvalue weighted by Crippen LogP contribution is -2.32. The van der Waals surface area contributed by atoms with Crippen molar-refractivity contribution >= 4 is 17.6 Å². The molecule has 0 aliphatic carbocycles. The van der Waals surface area contributed by atoms with Crippen LogP contribution in [0.2, 0.25) is 0 Å². The fourth-order valence-corrected chi connectivity index (χ4v) is 1.70. The standard InChI is InChI=1S/C15H16N4O2/c1-10(2)18-15(21)12-13(17-9-8-16-12)19-14(20)11-6-4-3-5-7-11/h3-10H,1-2H3,(H,18,21)(H,17,19,20). The molecule has 0 fully saturated rings. The van der Waals surface area contributed by atoms with Crippen molar-refractivity contribution in [2.75, 3.05) is 5.32 Å². The van der Waals surface area contributed by atoms with Gasteiger partial charge >= 0.3 is 0 Å². The predicted octanol–water partition coefficient (Wildman–Crippen LogP) is 1.87. The van der Waals surface area contributed by atoms with E-state index in [1.807, 2.05) is 19.9 Å². The number of nitrogens with zero attached hydrogens (tertiary/aromatic N) is 2. The number of hydrogen-bond acceptors (Lipinski definition) is 4. The first-order valence-corrected chi connectivity index (χ1v) is 6.56. The van der Waals surface area contributed by atoms with Gasteiger partial charge in [-0.3, -0.25) is 9.59 Å². The Bertz CT molecular complexity index is 641. The molecular formula is C15H16N4O2. The van der Waals surface area contributed by atoms with E-state index in [2.05, 4.69) is 20.6 Å². The number of carbonyl (C=O) groups excluding carboxylic acids is 2. The molecule has 2 rings (SSSR count). The van der Waals surface area contributed by atoms with Gasteiger partial charge in [-0.2, -0.15) is 0 Å². The molecule has 0 radical (unpaired) electrons. The summed E-state index contributed by atoms with van der Waals surface area (Å²) in [5.41, 5.74) is 0.578. The van der Waals surface area contributed by atoms with E-state index in [9.17, 15) is 9.59 Å². The highest BCUT2D eigenvalue weighted by atomic mass is 16.2. The molecule has 2 amide bonds. The number of rotatable bonds is 4. The van der Waals surface area contributed by atoms with Crippen molar-refractivity contribution in [2.24, 2.45) is 0 Å². The molecule has 2 N–H and O–H groups in total. The maximum absolute atomic E-state index is 12.1. The molecule has 0 unspecified atom stereocenters. The molecular weight excluding hydrogens is 268 g/mol. The van der Waals surface area contributed by atoms with Crippen LogP contribution in [0.1, 0.15) is 34.7 Å². The van der Waals surface area contributed by atoms with E-state index in [-0.39, 0.29) is 29.4 Å². The first-order chi connectivity index (χ1) is 10.1. The van der Waals surface area contributed by atoms with Crippen molar-refractivity contribution in [1.29, 1.82) is 0 Å². The van der Waals surface area contributed by atoms with Gasteiger partial charge in [-0.05, 0) is 26.0 Å². The van der Waals surface area contributed by atoms with Crippen LogP contribution >= 0.6 is 0 Å². The summed E-state index contributed by atoms with van der Waals surface area (Å²) in [6.45, 7) is 3.69. The molecule has 1 aromatic heterocycles. The van der Waals surface area contributed by atoms with E-state index in [0.29, 0.717) is 5.56 Å². The fraction of sp³-hybridized carbons (Fsp3) is 0.200. The van der Waals surface area contributed by atoms with E-state index in [0.717, 1.165) is 0 Å². The van der Waals surface area contributed by atoms with Crippen LogP contribution in [0, 0.1) is 0 Å². The summed E-state index contributed by atoms with van der Waals surface area (Å²) >= 11 is 0. The Morgan fingerprint density at radius 3 is 2.33 bits per heavy atom. The van der Waals surface area contributed by atoms with Crippen LogP contribution in [0.4, 0.5) is 5.82 Å². The van der Waals surface area contributed by atoms with Crippen molar-refractivity contribution in [1.82, 2.24) is 15.3 Å². The van der Waals surface area contributed by atoms with Gasteiger partial charge in [0.15, 0.2) is 11.5 Å². The van der Waals surface area contributed by atoms with Crippen molar-refractivity contribution in [3.8, 4) is 0 Å². The number of carbonyl (C=O) groups is 2. The second kappa shape index (κ2) is 6.60. The Morgan fingerprint density at radius 1 is 1.00 bits per heavy atom. The monoisotopic (exact) mass is 284 g/mol. The van der Waals surface area contributed by atoms with Gasteiger partial charge in [0.05, 0.1) is 0 Å². The van der Waals surface area contributed by atoms with Gasteiger partial charge in [-0.25, -0.2) is 9.97 Å². The third kappa shape index (κ3) is 3.85. The third-order valence-corrected chi connectivity index (χ3v) is 2.60. The Labute approximate surface area is 122 Å². The largest absolute Gasteiger partial charge is 0.348 e. The second-order valence-corrected chi connectivity index (χ2v) is 4.70. The molecule has 0 saturated carbocycles. The number of aromatic nitrogens is 2. The second-order valence-electron chi connectivity index (χ2n) is 4.70. The summed E-state index contributed by atoms with van der Waals surface area (Å²) in [5, 5.41) is 5.33. The summed E-state index contributed by atoms with van der Waals surface area (Å²) in [5.74, 6) is -0.569. The van der Waals surface area contributed by atoms with Gasteiger partial charge in [-0.1, -0.05) is 18.2 Å². The molecule has 0 spiro atoms. The molecule has 1 heterocycles. The quantitative estimate of drug-likeness (QED) is 0.897. The highest BCUT2D eigenvalue weighted by Gasteiger charge is 2.17. The SMILES string of the molecule is CC(C)NC(=O)c1nccnc1NC(=O)c1ccccc1. The van der Waals surface area contributed by atoms with E-state index in [4.69, 9.17) is 0 Å². The lowest BCUT2D eigenvalue weighted by atomic mass is 10.2. The van der Waals surface area contributed by atoms with Crippen molar-refractivity contribution in [3.05, 3.63) is 54.0 Å². The molecule has 21 heavy (non-hydrogen) atoms. The van der Waals surface area contributed by atoms with Gasteiger partial charge in [0, 0.05) is 24.0 Å². The number of amides is 2. The van der Waals surface area contributed by atoms with Crippen molar-refractivity contribution in [2.45, 2.75) is 19.9 Å². The van der Waals surface area contributed by atoms with Crippen LogP contribution in [0.5, 0.6) is 0 Å². The minimum Gasteiger partial charge on any atom is -0.348 e. The van der Waals surface area contributed by atoms with Gasteiger partial charge in [-0.15, -0.1) is 0 Å². The molecule has 0 atom stereocenters. The zero-order valence-electron chi connectivity index (χ0n) is 11.8. The van der Waals surface area contributed by atoms with Crippen LogP contribution < -0.4 is 10.6 Å². The highest BCUT2D eigenvalue weighted by molar-refractivity contribution is 6.07. The fourth-order valence-electron chi connectivity index (χ4n) is 1.70. The molecule has 6 nitrogen and oxygen atoms in total. The Morgan fingerprint density at radius 2 is 1.67 bits per heavy atom. The number of nitrogens with one attached hydrogen (secondary N) is 2. The average Bonchev–Trinajstić information content (AvgIpc) is 2.48. The average molecular weight is 284 g/mol. The van der Waals surface area contributed by atoms with E-state index >= 15 is 0 Å². The number of anilines is 1. The van der Waals surface area contributed by atoms with Crippen molar-refractivity contribution < 1.29 is 9.59 Å². The minimum atomic E-state index is -0.374. The van der Waals surface area contributed by atoms with Gasteiger partial charge in [0.25, 0.3) is 11.8 Å². The predicted molar refractivity (Wildman–Crippen MR) is 79.0 cm³/mol. The maximum Gasteiger partial charge on any atom is 0.273 e. The van der Waals surface area contributed by atoms with Crippen molar-refractivity contribution in [3.63, 3.8) is 0 Å². The summed E-state index contributed by atoms with van der Waals surface area (Å²) in [7, 11) is 0. The number of benzene rings is 1. The minimum absolute atomic E-state index is 0.0304. The van der Waals surface area contributed by atoms with E-state index in [1.54, 1.807) is 24.3 Å². The Hall–Kier alpha value is -2.76. The Kier molecular flexibility index (Phi) is 4.61. The van der Waals surface area contributed by atoms with E-state index < -0.39 is 0 Å². The summed E-state index contributed by atoms with van der Waals surface area (Å²) in [4.78, 5) is 32.1. The maximum atomic E-state index is 12.1. The van der Waals surface area contributed by atoms with Crippen LogP contribution in [-0.4, -0.2) is 27.8 Å². The topological polar surface area (TPSA) is 84.0 Å². The zero-order valence-corrected chi connectivity index (χ0v) is 11.8. The van der Waals surface area contributed by atoms with E-state index in [1.165, 1.54) is 12.4 Å². The van der Waals surface area contributed by atoms with Gasteiger partial charge < -0.3 is 10.6 Å². The summed E-state index contributed by atoms with van der Waals surface area (Å²) in [6.07, 6.45) is 2.83. The third-order valence-electron chi connectivity index (χ3n) is 2.60.